The van der Waals surface area contributed by atoms with Crippen molar-refractivity contribution in [3.05, 3.63) is 21.4 Å². The van der Waals surface area contributed by atoms with Crippen molar-refractivity contribution in [1.82, 2.24) is 4.98 Å². The van der Waals surface area contributed by atoms with Crippen LogP contribution in [0.15, 0.2) is 10.7 Å². The molecule has 1 aliphatic rings. The molecule has 0 aromatic carbocycles. The number of esters is 1. The molecule has 7 heteroatoms. The minimum absolute atomic E-state index is 0.268. The Kier molecular flexibility index (Phi) is 5.23. The quantitative estimate of drug-likeness (QED) is 0.610. The summed E-state index contributed by atoms with van der Waals surface area (Å²) in [6, 6.07) is 0. The maximum atomic E-state index is 11.9. The Morgan fingerprint density at radius 1 is 1.45 bits per heavy atom. The first kappa shape index (κ1) is 15.5. The van der Waals surface area contributed by atoms with Crippen molar-refractivity contribution in [3.63, 3.8) is 0 Å². The Hall–Kier alpha value is -0.850. The number of rotatable bonds is 3. The SMILES string of the molecule is COC(=O)c1cnc(Cl)c(Br)c1N1CCC(OC)CC1. The van der Waals surface area contributed by atoms with Crippen molar-refractivity contribution in [2.45, 2.75) is 18.9 Å². The van der Waals surface area contributed by atoms with Gasteiger partial charge < -0.3 is 14.4 Å². The summed E-state index contributed by atoms with van der Waals surface area (Å²) in [5, 5.41) is 0.335. The number of methoxy groups -OCH3 is 2. The zero-order valence-electron chi connectivity index (χ0n) is 11.4. The van der Waals surface area contributed by atoms with E-state index in [1.165, 1.54) is 13.3 Å². The molecular formula is C13H16BrClN2O3. The maximum Gasteiger partial charge on any atom is 0.341 e. The highest BCUT2D eigenvalue weighted by molar-refractivity contribution is 9.10. The summed E-state index contributed by atoms with van der Waals surface area (Å²) in [7, 11) is 3.07. The summed E-state index contributed by atoms with van der Waals surface area (Å²) in [5.74, 6) is -0.418. The third-order valence-electron chi connectivity index (χ3n) is 3.45. The number of ether oxygens (including phenoxy) is 2. The number of carbonyl (C=O) groups is 1. The number of carbonyl (C=O) groups excluding carboxylic acids is 1. The van der Waals surface area contributed by atoms with Crippen LogP contribution in [0.2, 0.25) is 5.15 Å². The van der Waals surface area contributed by atoms with E-state index in [9.17, 15) is 4.79 Å². The van der Waals surface area contributed by atoms with E-state index in [-0.39, 0.29) is 6.10 Å². The predicted octanol–water partition coefficient (Wildman–Crippen LogP) is 2.90. The Balaban J connectivity index is 2.34. The Morgan fingerprint density at radius 3 is 2.65 bits per heavy atom. The first-order valence-corrected chi connectivity index (χ1v) is 7.45. The van der Waals surface area contributed by atoms with Crippen molar-refractivity contribution >= 4 is 39.2 Å². The normalized spacial score (nSPS) is 16.3. The highest BCUT2D eigenvalue weighted by Crippen LogP contribution is 2.36. The van der Waals surface area contributed by atoms with E-state index < -0.39 is 5.97 Å². The topological polar surface area (TPSA) is 51.7 Å². The summed E-state index contributed by atoms with van der Waals surface area (Å²) in [4.78, 5) is 18.0. The fourth-order valence-corrected chi connectivity index (χ4v) is 3.04. The molecule has 2 rings (SSSR count). The number of nitrogens with zero attached hydrogens (tertiary/aromatic N) is 2. The summed E-state index contributed by atoms with van der Waals surface area (Å²) in [6.07, 6.45) is 3.54. The van der Waals surface area contributed by atoms with Gasteiger partial charge in [0, 0.05) is 26.4 Å². The van der Waals surface area contributed by atoms with Gasteiger partial charge in [-0.3, -0.25) is 0 Å². The van der Waals surface area contributed by atoms with E-state index in [0.717, 1.165) is 31.6 Å². The molecule has 0 spiro atoms. The van der Waals surface area contributed by atoms with Gasteiger partial charge in [-0.15, -0.1) is 0 Å². The molecule has 1 aromatic heterocycles. The van der Waals surface area contributed by atoms with Crippen LogP contribution in [-0.4, -0.2) is 44.4 Å². The van der Waals surface area contributed by atoms with Gasteiger partial charge in [-0.1, -0.05) is 11.6 Å². The molecule has 110 valence electrons. The molecule has 1 fully saturated rings. The van der Waals surface area contributed by atoms with Crippen LogP contribution in [0.5, 0.6) is 0 Å². The molecule has 1 aromatic rings. The van der Waals surface area contributed by atoms with Crippen LogP contribution >= 0.6 is 27.5 Å². The van der Waals surface area contributed by atoms with Crippen molar-refractivity contribution in [1.29, 1.82) is 0 Å². The van der Waals surface area contributed by atoms with Crippen LogP contribution in [0.1, 0.15) is 23.2 Å². The molecule has 1 aliphatic heterocycles. The molecule has 1 saturated heterocycles. The monoisotopic (exact) mass is 362 g/mol. The van der Waals surface area contributed by atoms with Gasteiger partial charge in [-0.05, 0) is 28.8 Å². The highest BCUT2D eigenvalue weighted by Gasteiger charge is 2.26. The lowest BCUT2D eigenvalue weighted by Gasteiger charge is -2.34. The summed E-state index contributed by atoms with van der Waals surface area (Å²) in [5.41, 5.74) is 1.16. The standard InChI is InChI=1S/C13H16BrClN2O3/c1-19-8-3-5-17(6-4-8)11-9(13(18)20-2)7-16-12(15)10(11)14/h7-8H,3-6H2,1-2H3. The van der Waals surface area contributed by atoms with Gasteiger partial charge in [0.25, 0.3) is 0 Å². The van der Waals surface area contributed by atoms with E-state index in [1.54, 1.807) is 7.11 Å². The number of pyridine rings is 1. The summed E-state index contributed by atoms with van der Waals surface area (Å²) >= 11 is 9.47. The smallest absolute Gasteiger partial charge is 0.341 e. The predicted molar refractivity (Wildman–Crippen MR) is 80.5 cm³/mol. The Labute approximate surface area is 131 Å². The second kappa shape index (κ2) is 6.74. The van der Waals surface area contributed by atoms with Crippen molar-refractivity contribution in [2.75, 3.05) is 32.2 Å². The second-order valence-electron chi connectivity index (χ2n) is 4.54. The van der Waals surface area contributed by atoms with Crippen molar-refractivity contribution < 1.29 is 14.3 Å². The Morgan fingerprint density at radius 2 is 2.10 bits per heavy atom. The van der Waals surface area contributed by atoms with Gasteiger partial charge in [0.1, 0.15) is 10.7 Å². The van der Waals surface area contributed by atoms with Gasteiger partial charge in [0.05, 0.1) is 23.4 Å². The largest absolute Gasteiger partial charge is 0.465 e. The van der Waals surface area contributed by atoms with Crippen LogP contribution < -0.4 is 4.90 Å². The maximum absolute atomic E-state index is 11.9. The van der Waals surface area contributed by atoms with Gasteiger partial charge in [0.2, 0.25) is 0 Å². The van der Waals surface area contributed by atoms with E-state index >= 15 is 0 Å². The fourth-order valence-electron chi connectivity index (χ4n) is 2.34. The first-order chi connectivity index (χ1) is 9.58. The minimum atomic E-state index is -0.418. The van der Waals surface area contributed by atoms with Crippen LogP contribution in [0.3, 0.4) is 0 Å². The molecule has 20 heavy (non-hydrogen) atoms. The van der Waals surface area contributed by atoms with Crippen LogP contribution in [0, 0.1) is 0 Å². The number of piperidine rings is 1. The first-order valence-electron chi connectivity index (χ1n) is 6.28. The number of anilines is 1. The molecule has 0 bridgehead atoms. The van der Waals surface area contributed by atoms with E-state index in [1.807, 2.05) is 0 Å². The fraction of sp³-hybridized carbons (Fsp3) is 0.538. The number of halogens is 2. The van der Waals surface area contributed by atoms with Crippen LogP contribution in [0.4, 0.5) is 5.69 Å². The van der Waals surface area contributed by atoms with Crippen molar-refractivity contribution in [3.8, 4) is 0 Å². The number of aromatic nitrogens is 1. The third-order valence-corrected chi connectivity index (χ3v) is 4.71. The average Bonchev–Trinajstić information content (AvgIpc) is 2.49. The van der Waals surface area contributed by atoms with Crippen molar-refractivity contribution in [2.24, 2.45) is 0 Å². The zero-order valence-corrected chi connectivity index (χ0v) is 13.7. The lowest BCUT2D eigenvalue weighted by molar-refractivity contribution is 0.0600. The number of hydrogen-bond acceptors (Lipinski definition) is 5. The average molecular weight is 364 g/mol. The molecule has 0 amide bonds. The zero-order chi connectivity index (χ0) is 14.7. The minimum Gasteiger partial charge on any atom is -0.465 e. The molecule has 5 nitrogen and oxygen atoms in total. The highest BCUT2D eigenvalue weighted by atomic mass is 79.9. The van der Waals surface area contributed by atoms with E-state index in [4.69, 9.17) is 21.1 Å². The molecule has 0 N–H and O–H groups in total. The summed E-state index contributed by atoms with van der Waals surface area (Å²) < 4.78 is 10.8. The number of hydrogen-bond donors (Lipinski definition) is 0. The molecule has 0 unspecified atom stereocenters. The molecule has 0 radical (unpaired) electrons. The van der Waals surface area contributed by atoms with Gasteiger partial charge in [-0.2, -0.15) is 0 Å². The van der Waals surface area contributed by atoms with Crippen LogP contribution in [0.25, 0.3) is 0 Å². The summed E-state index contributed by atoms with van der Waals surface area (Å²) in [6.45, 7) is 1.59. The van der Waals surface area contributed by atoms with E-state index in [2.05, 4.69) is 25.8 Å². The van der Waals surface area contributed by atoms with Gasteiger partial charge >= 0.3 is 5.97 Å². The molecule has 0 saturated carbocycles. The van der Waals surface area contributed by atoms with Gasteiger partial charge in [-0.25, -0.2) is 9.78 Å². The molecule has 2 heterocycles. The lowest BCUT2D eigenvalue weighted by atomic mass is 10.1. The second-order valence-corrected chi connectivity index (χ2v) is 5.69. The van der Waals surface area contributed by atoms with E-state index in [0.29, 0.717) is 15.2 Å². The third kappa shape index (κ3) is 3.07. The Bertz CT molecular complexity index is 505. The van der Waals surface area contributed by atoms with Crippen LogP contribution in [-0.2, 0) is 9.47 Å². The molecular weight excluding hydrogens is 348 g/mol. The lowest BCUT2D eigenvalue weighted by Crippen LogP contribution is -2.37. The van der Waals surface area contributed by atoms with Gasteiger partial charge in [0.15, 0.2) is 0 Å². The molecule has 0 aliphatic carbocycles. The molecule has 0 atom stereocenters.